The molecule has 27 heavy (non-hydrogen) atoms. The second-order valence-corrected chi connectivity index (χ2v) is 9.69. The van der Waals surface area contributed by atoms with Crippen LogP contribution in [0.5, 0.6) is 0 Å². The summed E-state index contributed by atoms with van der Waals surface area (Å²) in [5.74, 6) is -3.02. The maximum absolute atomic E-state index is 12.5. The molecule has 7 nitrogen and oxygen atoms in total. The molecule has 7 heteroatoms. The summed E-state index contributed by atoms with van der Waals surface area (Å²) in [6.45, 7) is 12.4. The average Bonchev–Trinajstić information content (AvgIpc) is 2.42. The zero-order valence-electron chi connectivity index (χ0n) is 17.5. The lowest BCUT2D eigenvalue weighted by molar-refractivity contribution is -0.247. The van der Waals surface area contributed by atoms with Gasteiger partial charge < -0.3 is 19.5 Å². The van der Waals surface area contributed by atoms with E-state index in [0.717, 1.165) is 25.7 Å². The molecule has 0 aromatic heterocycles. The molecule has 0 radical (unpaired) electrons. The van der Waals surface area contributed by atoms with Gasteiger partial charge in [-0.05, 0) is 57.8 Å². The van der Waals surface area contributed by atoms with Gasteiger partial charge >= 0.3 is 18.0 Å². The Morgan fingerprint density at radius 1 is 1.00 bits per heavy atom. The fourth-order valence-electron chi connectivity index (χ4n) is 4.02. The Kier molecular flexibility index (Phi) is 5.83. The van der Waals surface area contributed by atoms with Crippen LogP contribution in [0.2, 0.25) is 0 Å². The summed E-state index contributed by atoms with van der Waals surface area (Å²) in [7, 11) is 0. The van der Waals surface area contributed by atoms with Crippen LogP contribution in [0.4, 0.5) is 4.79 Å². The number of nitrogens with one attached hydrogen (secondary N) is 1. The molecule has 1 amide bonds. The molecule has 1 aliphatic carbocycles. The van der Waals surface area contributed by atoms with E-state index in [1.54, 1.807) is 13.8 Å². The van der Waals surface area contributed by atoms with Crippen LogP contribution in [0.25, 0.3) is 0 Å². The van der Waals surface area contributed by atoms with Gasteiger partial charge in [-0.2, -0.15) is 0 Å². The van der Waals surface area contributed by atoms with E-state index in [0.29, 0.717) is 0 Å². The largest absolute Gasteiger partial charge is 0.444 e. The van der Waals surface area contributed by atoms with Crippen molar-refractivity contribution in [1.82, 2.24) is 5.32 Å². The van der Waals surface area contributed by atoms with E-state index in [2.05, 4.69) is 5.32 Å². The summed E-state index contributed by atoms with van der Waals surface area (Å²) in [4.78, 5) is 36.9. The maximum atomic E-state index is 12.5. The van der Waals surface area contributed by atoms with Crippen LogP contribution < -0.4 is 5.32 Å². The SMILES string of the molecule is CC(C)(C)OC(=O)NC1CCC(C(C)(C)C2C(=O)OC(C)(C)OC2=O)CC1. The highest BCUT2D eigenvalue weighted by atomic mass is 16.7. The van der Waals surface area contributed by atoms with E-state index in [4.69, 9.17) is 14.2 Å². The summed E-state index contributed by atoms with van der Waals surface area (Å²) in [5, 5.41) is 2.91. The van der Waals surface area contributed by atoms with Gasteiger partial charge in [-0.3, -0.25) is 9.59 Å². The molecule has 2 fully saturated rings. The monoisotopic (exact) mass is 383 g/mol. The molecule has 1 saturated heterocycles. The van der Waals surface area contributed by atoms with E-state index >= 15 is 0 Å². The van der Waals surface area contributed by atoms with Crippen molar-refractivity contribution in [2.75, 3.05) is 0 Å². The molecule has 2 rings (SSSR count). The minimum absolute atomic E-state index is 0.0380. The third kappa shape index (κ3) is 5.36. The second kappa shape index (κ2) is 7.32. The highest BCUT2D eigenvalue weighted by Crippen LogP contribution is 2.46. The number of hydrogen-bond acceptors (Lipinski definition) is 6. The Hall–Kier alpha value is -1.79. The summed E-state index contributed by atoms with van der Waals surface area (Å²) in [6.07, 6.45) is 2.74. The quantitative estimate of drug-likeness (QED) is 0.592. The Morgan fingerprint density at radius 3 is 1.93 bits per heavy atom. The van der Waals surface area contributed by atoms with Gasteiger partial charge in [0.25, 0.3) is 5.79 Å². The van der Waals surface area contributed by atoms with Crippen LogP contribution >= 0.6 is 0 Å². The first-order valence-electron chi connectivity index (χ1n) is 9.66. The molecule has 0 unspecified atom stereocenters. The number of carbonyl (C=O) groups excluding carboxylic acids is 3. The van der Waals surface area contributed by atoms with E-state index < -0.39 is 40.8 Å². The lowest BCUT2D eigenvalue weighted by Crippen LogP contribution is -2.53. The normalized spacial score (nSPS) is 26.8. The molecule has 0 aromatic rings. The van der Waals surface area contributed by atoms with Crippen molar-refractivity contribution in [2.24, 2.45) is 17.3 Å². The molecule has 1 heterocycles. The maximum Gasteiger partial charge on any atom is 0.407 e. The topological polar surface area (TPSA) is 90.9 Å². The van der Waals surface area contributed by atoms with E-state index in [1.165, 1.54) is 0 Å². The smallest absolute Gasteiger partial charge is 0.407 e. The van der Waals surface area contributed by atoms with Crippen LogP contribution in [0.15, 0.2) is 0 Å². The predicted octanol–water partition coefficient (Wildman–Crippen LogP) is 3.55. The van der Waals surface area contributed by atoms with Gasteiger partial charge in [-0.15, -0.1) is 0 Å². The molecule has 0 bridgehead atoms. The first-order valence-corrected chi connectivity index (χ1v) is 9.66. The number of hydrogen-bond donors (Lipinski definition) is 1. The first kappa shape index (κ1) is 21.5. The van der Waals surface area contributed by atoms with E-state index in [9.17, 15) is 14.4 Å². The van der Waals surface area contributed by atoms with Crippen molar-refractivity contribution >= 4 is 18.0 Å². The molecule has 154 valence electrons. The summed E-state index contributed by atoms with van der Waals surface area (Å²) >= 11 is 0. The van der Waals surface area contributed by atoms with Gasteiger partial charge in [0.2, 0.25) is 0 Å². The molecule has 1 N–H and O–H groups in total. The summed E-state index contributed by atoms with van der Waals surface area (Å²) in [6, 6.07) is 0.0380. The number of rotatable bonds is 3. The molecule has 1 aliphatic heterocycles. The molecule has 0 aromatic carbocycles. The van der Waals surface area contributed by atoms with Crippen LogP contribution in [0.1, 0.15) is 74.1 Å². The van der Waals surface area contributed by atoms with Gasteiger partial charge in [0.1, 0.15) is 5.60 Å². The lowest BCUT2D eigenvalue weighted by Gasteiger charge is -2.45. The first-order chi connectivity index (χ1) is 12.2. The van der Waals surface area contributed by atoms with Crippen molar-refractivity contribution in [3.63, 3.8) is 0 Å². The molecule has 2 aliphatic rings. The number of cyclic esters (lactones) is 2. The van der Waals surface area contributed by atoms with Gasteiger partial charge in [0, 0.05) is 19.9 Å². The second-order valence-electron chi connectivity index (χ2n) is 9.69. The van der Waals surface area contributed by atoms with Crippen molar-refractivity contribution in [1.29, 1.82) is 0 Å². The fraction of sp³-hybridized carbons (Fsp3) is 0.850. The van der Waals surface area contributed by atoms with Crippen molar-refractivity contribution in [3.05, 3.63) is 0 Å². The number of carbonyl (C=O) groups is 3. The number of ether oxygens (including phenoxy) is 3. The van der Waals surface area contributed by atoms with E-state index in [1.807, 2.05) is 34.6 Å². The minimum Gasteiger partial charge on any atom is -0.444 e. The standard InChI is InChI=1S/C20H33NO6/c1-18(2,3)27-17(24)21-13-10-8-12(9-11-13)19(4,5)14-15(22)25-20(6,7)26-16(14)23/h12-14H,8-11H2,1-7H3,(H,21,24). The van der Waals surface area contributed by atoms with Gasteiger partial charge in [0.05, 0.1) is 0 Å². The van der Waals surface area contributed by atoms with E-state index in [-0.39, 0.29) is 12.0 Å². The average molecular weight is 383 g/mol. The molecule has 1 saturated carbocycles. The minimum atomic E-state index is -1.21. The van der Waals surface area contributed by atoms with Gasteiger partial charge in [-0.1, -0.05) is 13.8 Å². The summed E-state index contributed by atoms with van der Waals surface area (Å²) < 4.78 is 15.9. The fourth-order valence-corrected chi connectivity index (χ4v) is 4.02. The Morgan fingerprint density at radius 2 is 1.48 bits per heavy atom. The number of amides is 1. The Labute approximate surface area is 161 Å². The highest BCUT2D eigenvalue weighted by Gasteiger charge is 2.53. The lowest BCUT2D eigenvalue weighted by atomic mass is 9.63. The van der Waals surface area contributed by atoms with Crippen molar-refractivity contribution in [2.45, 2.75) is 91.6 Å². The zero-order valence-corrected chi connectivity index (χ0v) is 17.5. The molecular weight excluding hydrogens is 350 g/mol. The van der Waals surface area contributed by atoms with Crippen LogP contribution in [-0.2, 0) is 23.8 Å². The van der Waals surface area contributed by atoms with Crippen LogP contribution in [-0.4, -0.2) is 35.5 Å². The Balaban J connectivity index is 1.95. The number of alkyl carbamates (subject to hydrolysis) is 1. The van der Waals surface area contributed by atoms with Crippen LogP contribution in [0, 0.1) is 17.3 Å². The van der Waals surface area contributed by atoms with Crippen LogP contribution in [0.3, 0.4) is 0 Å². The molecule has 0 spiro atoms. The van der Waals surface area contributed by atoms with Gasteiger partial charge in [0.15, 0.2) is 5.92 Å². The predicted molar refractivity (Wildman–Crippen MR) is 98.6 cm³/mol. The van der Waals surface area contributed by atoms with Crippen molar-refractivity contribution in [3.8, 4) is 0 Å². The number of esters is 2. The summed E-state index contributed by atoms with van der Waals surface area (Å²) in [5.41, 5.74) is -1.11. The molecular formula is C20H33NO6. The highest BCUT2D eigenvalue weighted by molar-refractivity contribution is 5.97. The third-order valence-electron chi connectivity index (χ3n) is 5.41. The van der Waals surface area contributed by atoms with Crippen molar-refractivity contribution < 1.29 is 28.6 Å². The zero-order chi connectivity index (χ0) is 20.6. The third-order valence-corrected chi connectivity index (χ3v) is 5.41. The van der Waals surface area contributed by atoms with Gasteiger partial charge in [-0.25, -0.2) is 4.79 Å². The molecule has 0 atom stereocenters. The Bertz CT molecular complexity index is 576.